The zero-order valence-electron chi connectivity index (χ0n) is 9.93. The van der Waals surface area contributed by atoms with E-state index in [-0.39, 0.29) is 17.7 Å². The molecule has 2 amide bonds. The van der Waals surface area contributed by atoms with Gasteiger partial charge < -0.3 is 0 Å². The molecule has 1 saturated heterocycles. The third kappa shape index (κ3) is 2.30. The van der Waals surface area contributed by atoms with Crippen LogP contribution >= 0.6 is 0 Å². The van der Waals surface area contributed by atoms with Crippen LogP contribution in [0.15, 0.2) is 30.3 Å². The highest BCUT2D eigenvalue weighted by Crippen LogP contribution is 2.27. The third-order valence-electron chi connectivity index (χ3n) is 2.58. The molecule has 1 fully saturated rings. The fraction of sp³-hybridized carbons (Fsp3) is 0.385. The molecule has 0 saturated carbocycles. The van der Waals surface area contributed by atoms with Crippen molar-refractivity contribution in [2.24, 2.45) is 0 Å². The lowest BCUT2D eigenvalue weighted by atomic mass is 9.98. The average molecular weight is 219 g/mol. The van der Waals surface area contributed by atoms with Crippen molar-refractivity contribution in [1.82, 2.24) is 4.90 Å². The number of carbonyl (C=O) groups is 2. The molecule has 1 aliphatic rings. The van der Waals surface area contributed by atoms with Crippen molar-refractivity contribution >= 4 is 11.8 Å². The summed E-state index contributed by atoms with van der Waals surface area (Å²) >= 11 is 0. The van der Waals surface area contributed by atoms with Gasteiger partial charge in [-0.3, -0.25) is 14.5 Å². The number of rotatable bonds is 1. The zero-order chi connectivity index (χ0) is 12.1. The summed E-state index contributed by atoms with van der Waals surface area (Å²) in [5.41, 5.74) is 0.926. The maximum absolute atomic E-state index is 11.6. The molecule has 1 aliphatic heterocycles. The molecule has 1 heterocycles. The number of imide groups is 1. The minimum absolute atomic E-state index is 0.0937. The number of likely N-dealkylation sites (tertiary alicyclic amines) is 1. The molecule has 0 N–H and O–H groups in total. The molecule has 86 valence electrons. The zero-order valence-corrected chi connectivity index (χ0v) is 9.93. The maximum Gasteiger partial charge on any atom is 0.236 e. The fourth-order valence-corrected chi connectivity index (χ4v) is 1.70. The maximum atomic E-state index is 11.6. The Balaban J connectivity index is 0.000000606. The van der Waals surface area contributed by atoms with Crippen molar-refractivity contribution < 1.29 is 9.59 Å². The van der Waals surface area contributed by atoms with Crippen molar-refractivity contribution in [3.63, 3.8) is 0 Å². The van der Waals surface area contributed by atoms with Crippen LogP contribution in [0, 0.1) is 0 Å². The summed E-state index contributed by atoms with van der Waals surface area (Å²) in [5, 5.41) is 0. The van der Waals surface area contributed by atoms with Crippen LogP contribution in [0.5, 0.6) is 0 Å². The van der Waals surface area contributed by atoms with Crippen molar-refractivity contribution in [2.45, 2.75) is 26.2 Å². The van der Waals surface area contributed by atoms with Gasteiger partial charge in [-0.2, -0.15) is 0 Å². The SMILES string of the molecule is CC.CN1C(=O)CC(c2ccccc2)C1=O. The van der Waals surface area contributed by atoms with Crippen LogP contribution in [0.25, 0.3) is 0 Å². The number of nitrogens with zero attached hydrogens (tertiary/aromatic N) is 1. The van der Waals surface area contributed by atoms with Gasteiger partial charge in [0.15, 0.2) is 0 Å². The van der Waals surface area contributed by atoms with E-state index in [1.807, 2.05) is 44.2 Å². The second-order valence-corrected chi connectivity index (χ2v) is 3.46. The number of hydrogen-bond donors (Lipinski definition) is 0. The quantitative estimate of drug-likeness (QED) is 0.679. The Labute approximate surface area is 96.1 Å². The third-order valence-corrected chi connectivity index (χ3v) is 2.58. The molecule has 2 rings (SSSR count). The van der Waals surface area contributed by atoms with E-state index >= 15 is 0 Å². The summed E-state index contributed by atoms with van der Waals surface area (Å²) in [4.78, 5) is 24.1. The molecule has 1 unspecified atom stereocenters. The number of amides is 2. The Hall–Kier alpha value is -1.64. The largest absolute Gasteiger partial charge is 0.285 e. The lowest BCUT2D eigenvalue weighted by Crippen LogP contribution is -2.25. The molecule has 0 aromatic heterocycles. The van der Waals surface area contributed by atoms with Gasteiger partial charge in [-0.05, 0) is 5.56 Å². The summed E-state index contributed by atoms with van der Waals surface area (Å²) in [5.74, 6) is -0.459. The van der Waals surface area contributed by atoms with Gasteiger partial charge in [0.05, 0.1) is 5.92 Å². The van der Waals surface area contributed by atoms with E-state index in [1.54, 1.807) is 0 Å². The number of carbonyl (C=O) groups excluding carboxylic acids is 2. The minimum atomic E-state index is -0.270. The van der Waals surface area contributed by atoms with Crippen LogP contribution in [-0.2, 0) is 9.59 Å². The topological polar surface area (TPSA) is 37.4 Å². The van der Waals surface area contributed by atoms with Gasteiger partial charge in [-0.25, -0.2) is 0 Å². The minimum Gasteiger partial charge on any atom is -0.285 e. The van der Waals surface area contributed by atoms with Gasteiger partial charge in [0.1, 0.15) is 0 Å². The Kier molecular flexibility index (Phi) is 4.23. The van der Waals surface area contributed by atoms with Gasteiger partial charge in [0.2, 0.25) is 11.8 Å². The number of benzene rings is 1. The first-order chi connectivity index (χ1) is 7.70. The van der Waals surface area contributed by atoms with Gasteiger partial charge in [0.25, 0.3) is 0 Å². The predicted octanol–water partition coefficient (Wildman–Crippen LogP) is 2.19. The summed E-state index contributed by atoms with van der Waals surface area (Å²) in [6.07, 6.45) is 0.305. The number of hydrogen-bond acceptors (Lipinski definition) is 2. The first kappa shape index (κ1) is 12.4. The van der Waals surface area contributed by atoms with E-state index in [9.17, 15) is 9.59 Å². The normalized spacial score (nSPS) is 19.4. The van der Waals surface area contributed by atoms with Crippen molar-refractivity contribution in [3.8, 4) is 0 Å². The molecule has 16 heavy (non-hydrogen) atoms. The summed E-state index contributed by atoms with van der Waals surface area (Å²) in [7, 11) is 1.54. The van der Waals surface area contributed by atoms with Crippen molar-refractivity contribution in [1.29, 1.82) is 0 Å². The summed E-state index contributed by atoms with van der Waals surface area (Å²) in [6.45, 7) is 4.00. The molecule has 1 aromatic rings. The molecule has 0 radical (unpaired) electrons. The van der Waals surface area contributed by atoms with Gasteiger partial charge >= 0.3 is 0 Å². The van der Waals surface area contributed by atoms with E-state index in [0.29, 0.717) is 6.42 Å². The lowest BCUT2D eigenvalue weighted by Gasteiger charge is -2.08. The standard InChI is InChI=1S/C11H11NO2.C2H6/c1-12-10(13)7-9(11(12)14)8-5-3-2-4-6-8;1-2/h2-6,9H,7H2,1H3;1-2H3. The molecule has 0 aliphatic carbocycles. The van der Waals surface area contributed by atoms with Gasteiger partial charge in [-0.1, -0.05) is 44.2 Å². The molecule has 3 nitrogen and oxygen atoms in total. The van der Waals surface area contributed by atoms with E-state index in [2.05, 4.69) is 0 Å². The smallest absolute Gasteiger partial charge is 0.236 e. The second-order valence-electron chi connectivity index (χ2n) is 3.46. The lowest BCUT2D eigenvalue weighted by molar-refractivity contribution is -0.137. The summed E-state index contributed by atoms with van der Waals surface area (Å²) in [6, 6.07) is 9.43. The average Bonchev–Trinajstić information content (AvgIpc) is 2.61. The Bertz CT molecular complexity index is 373. The fourth-order valence-electron chi connectivity index (χ4n) is 1.70. The second kappa shape index (κ2) is 5.45. The number of likely N-dealkylation sites (N-methyl/N-ethyl adjacent to an activating group) is 1. The van der Waals surface area contributed by atoms with Crippen LogP contribution in [-0.4, -0.2) is 23.8 Å². The molecule has 0 bridgehead atoms. The molecule has 0 spiro atoms. The van der Waals surface area contributed by atoms with E-state index in [0.717, 1.165) is 5.56 Å². The van der Waals surface area contributed by atoms with Crippen LogP contribution in [0.2, 0.25) is 0 Å². The molecule has 1 atom stereocenters. The van der Waals surface area contributed by atoms with Crippen LogP contribution in [0.4, 0.5) is 0 Å². The van der Waals surface area contributed by atoms with Crippen LogP contribution in [0.1, 0.15) is 31.7 Å². The van der Waals surface area contributed by atoms with Crippen LogP contribution in [0.3, 0.4) is 0 Å². The van der Waals surface area contributed by atoms with E-state index in [1.165, 1.54) is 11.9 Å². The molecule has 3 heteroatoms. The molecule has 1 aromatic carbocycles. The van der Waals surface area contributed by atoms with Crippen LogP contribution < -0.4 is 0 Å². The predicted molar refractivity (Wildman–Crippen MR) is 62.9 cm³/mol. The highest BCUT2D eigenvalue weighted by atomic mass is 16.2. The molecular formula is C13H17NO2. The van der Waals surface area contributed by atoms with E-state index in [4.69, 9.17) is 0 Å². The molecular weight excluding hydrogens is 202 g/mol. The first-order valence-electron chi connectivity index (χ1n) is 5.55. The monoisotopic (exact) mass is 219 g/mol. The van der Waals surface area contributed by atoms with Gasteiger partial charge in [-0.15, -0.1) is 0 Å². The summed E-state index contributed by atoms with van der Waals surface area (Å²) < 4.78 is 0. The Morgan fingerprint density at radius 2 is 1.69 bits per heavy atom. The first-order valence-corrected chi connectivity index (χ1v) is 5.55. The van der Waals surface area contributed by atoms with Crippen molar-refractivity contribution in [3.05, 3.63) is 35.9 Å². The van der Waals surface area contributed by atoms with Gasteiger partial charge in [0, 0.05) is 13.5 Å². The highest BCUT2D eigenvalue weighted by Gasteiger charge is 2.36. The van der Waals surface area contributed by atoms with Crippen molar-refractivity contribution in [2.75, 3.05) is 7.05 Å². The highest BCUT2D eigenvalue weighted by molar-refractivity contribution is 6.05. The Morgan fingerprint density at radius 3 is 2.12 bits per heavy atom. The Morgan fingerprint density at radius 1 is 1.12 bits per heavy atom. The van der Waals surface area contributed by atoms with E-state index < -0.39 is 0 Å².